The van der Waals surface area contributed by atoms with E-state index in [1.54, 1.807) is 54.1 Å². The van der Waals surface area contributed by atoms with Crippen LogP contribution in [0.2, 0.25) is 10.0 Å². The Morgan fingerprint density at radius 3 is 2.75 bits per heavy atom. The van der Waals surface area contributed by atoms with Crippen LogP contribution in [-0.4, -0.2) is 27.9 Å². The molecular weight excluding hydrogens is 519 g/mol. The summed E-state index contributed by atoms with van der Waals surface area (Å²) in [7, 11) is 1.62. The van der Waals surface area contributed by atoms with E-state index in [1.807, 2.05) is 30.3 Å². The zero-order chi connectivity index (χ0) is 25.5. The number of benzene rings is 3. The number of thioether (sulfide) groups is 1. The van der Waals surface area contributed by atoms with E-state index in [4.69, 9.17) is 33.2 Å². The highest BCUT2D eigenvalue weighted by Crippen LogP contribution is 2.31. The predicted octanol–water partition coefficient (Wildman–Crippen LogP) is 6.07. The van der Waals surface area contributed by atoms with Crippen molar-refractivity contribution < 1.29 is 9.53 Å². The summed E-state index contributed by atoms with van der Waals surface area (Å²) in [6.07, 6.45) is 0. The second kappa shape index (κ2) is 11.8. The lowest BCUT2D eigenvalue weighted by atomic mass is 10.2. The van der Waals surface area contributed by atoms with E-state index < -0.39 is 6.03 Å². The molecule has 0 unspecified atom stereocenters. The Morgan fingerprint density at radius 1 is 1.11 bits per heavy atom. The molecule has 0 aliphatic heterocycles. The maximum Gasteiger partial charge on any atom is 0.319 e. The molecule has 11 heteroatoms. The Hall–Kier alpha value is -3.71. The molecule has 0 spiro atoms. The van der Waals surface area contributed by atoms with Crippen LogP contribution in [0.1, 0.15) is 17.0 Å². The number of hydrogen-bond donors (Lipinski definition) is 2. The maximum atomic E-state index is 12.5. The van der Waals surface area contributed by atoms with Crippen molar-refractivity contribution in [2.75, 3.05) is 12.4 Å². The number of amides is 2. The van der Waals surface area contributed by atoms with E-state index in [0.29, 0.717) is 43.7 Å². The van der Waals surface area contributed by atoms with Gasteiger partial charge in [-0.25, -0.2) is 4.79 Å². The SMILES string of the molecule is COc1cccc(CSc2nnc(CNC(=O)Nc3cccc(C#N)c3)n2-c2cc(Cl)ccc2Cl)c1. The van der Waals surface area contributed by atoms with Gasteiger partial charge >= 0.3 is 6.03 Å². The van der Waals surface area contributed by atoms with Crippen molar-refractivity contribution in [2.45, 2.75) is 17.5 Å². The van der Waals surface area contributed by atoms with Crippen molar-refractivity contribution in [2.24, 2.45) is 0 Å². The first-order chi connectivity index (χ1) is 17.5. The molecule has 0 bridgehead atoms. The molecule has 0 saturated carbocycles. The fourth-order valence-electron chi connectivity index (χ4n) is 3.32. The van der Waals surface area contributed by atoms with Crippen molar-refractivity contribution in [1.82, 2.24) is 20.1 Å². The van der Waals surface area contributed by atoms with Gasteiger partial charge in [0.25, 0.3) is 0 Å². The number of hydrogen-bond acceptors (Lipinski definition) is 6. The van der Waals surface area contributed by atoms with E-state index in [1.165, 1.54) is 11.8 Å². The Balaban J connectivity index is 1.55. The molecule has 1 aromatic heterocycles. The Morgan fingerprint density at radius 2 is 1.94 bits per heavy atom. The largest absolute Gasteiger partial charge is 0.497 e. The molecule has 0 aliphatic carbocycles. The number of halogens is 2. The van der Waals surface area contributed by atoms with Gasteiger partial charge in [0.1, 0.15) is 5.75 Å². The summed E-state index contributed by atoms with van der Waals surface area (Å²) >= 11 is 14.2. The van der Waals surface area contributed by atoms with E-state index in [0.717, 1.165) is 11.3 Å². The summed E-state index contributed by atoms with van der Waals surface area (Å²) in [5.74, 6) is 1.84. The monoisotopic (exact) mass is 538 g/mol. The Labute approximate surface area is 222 Å². The fraction of sp³-hybridized carbons (Fsp3) is 0.120. The molecule has 2 N–H and O–H groups in total. The summed E-state index contributed by atoms with van der Waals surface area (Å²) < 4.78 is 7.08. The number of aromatic nitrogens is 3. The lowest BCUT2D eigenvalue weighted by molar-refractivity contribution is 0.251. The number of nitrogens with one attached hydrogen (secondary N) is 2. The predicted molar refractivity (Wildman–Crippen MR) is 141 cm³/mol. The molecule has 1 heterocycles. The van der Waals surface area contributed by atoms with Crippen LogP contribution in [0.4, 0.5) is 10.5 Å². The standard InChI is InChI=1S/C25H20Cl2N6O2S/c1-35-20-7-3-5-17(11-20)15-36-25-32-31-23(33(25)22-12-18(26)8-9-21(22)27)14-29-24(34)30-19-6-2-4-16(10-19)13-28/h2-12H,14-15H2,1H3,(H2,29,30,34). The highest BCUT2D eigenvalue weighted by Gasteiger charge is 2.18. The summed E-state index contributed by atoms with van der Waals surface area (Å²) in [6, 6.07) is 21.1. The van der Waals surface area contributed by atoms with Gasteiger partial charge in [0, 0.05) is 16.5 Å². The van der Waals surface area contributed by atoms with E-state index in [-0.39, 0.29) is 6.54 Å². The van der Waals surface area contributed by atoms with Gasteiger partial charge in [0.2, 0.25) is 0 Å². The minimum atomic E-state index is -0.456. The number of carbonyl (C=O) groups excluding carboxylic acids is 1. The molecule has 0 aliphatic rings. The third-order valence-electron chi connectivity index (χ3n) is 5.01. The highest BCUT2D eigenvalue weighted by atomic mass is 35.5. The average Bonchev–Trinajstić information content (AvgIpc) is 3.30. The smallest absolute Gasteiger partial charge is 0.319 e. The molecule has 4 aromatic rings. The molecule has 8 nitrogen and oxygen atoms in total. The van der Waals surface area contributed by atoms with Gasteiger partial charge in [0.05, 0.1) is 36.0 Å². The minimum Gasteiger partial charge on any atom is -0.497 e. The lowest BCUT2D eigenvalue weighted by Crippen LogP contribution is -2.29. The second-order valence-electron chi connectivity index (χ2n) is 7.47. The van der Waals surface area contributed by atoms with Crippen molar-refractivity contribution in [3.8, 4) is 17.5 Å². The molecule has 3 aromatic carbocycles. The third-order valence-corrected chi connectivity index (χ3v) is 6.56. The number of anilines is 1. The normalized spacial score (nSPS) is 10.5. The summed E-state index contributed by atoms with van der Waals surface area (Å²) in [5.41, 5.74) is 2.59. The van der Waals surface area contributed by atoms with Gasteiger partial charge in [-0.2, -0.15) is 5.26 Å². The molecule has 4 rings (SSSR count). The number of nitriles is 1. The van der Waals surface area contributed by atoms with Gasteiger partial charge in [-0.3, -0.25) is 4.57 Å². The average molecular weight is 539 g/mol. The zero-order valence-electron chi connectivity index (χ0n) is 19.0. The molecule has 0 fully saturated rings. The van der Waals surface area contributed by atoms with Crippen LogP contribution in [0.25, 0.3) is 5.69 Å². The molecule has 0 atom stereocenters. The van der Waals surface area contributed by atoms with Crippen molar-refractivity contribution >= 4 is 46.7 Å². The molecule has 0 saturated heterocycles. The van der Waals surface area contributed by atoms with Crippen LogP contribution in [-0.2, 0) is 12.3 Å². The highest BCUT2D eigenvalue weighted by molar-refractivity contribution is 7.98. The van der Waals surface area contributed by atoms with Crippen LogP contribution < -0.4 is 15.4 Å². The molecule has 36 heavy (non-hydrogen) atoms. The summed E-state index contributed by atoms with van der Waals surface area (Å²) in [5, 5.41) is 24.7. The van der Waals surface area contributed by atoms with Gasteiger partial charge in [0.15, 0.2) is 11.0 Å². The van der Waals surface area contributed by atoms with E-state index in [9.17, 15) is 4.79 Å². The van der Waals surface area contributed by atoms with E-state index >= 15 is 0 Å². The minimum absolute atomic E-state index is 0.0688. The van der Waals surface area contributed by atoms with E-state index in [2.05, 4.69) is 20.8 Å². The number of rotatable bonds is 8. The van der Waals surface area contributed by atoms with Crippen LogP contribution >= 0.6 is 35.0 Å². The first-order valence-electron chi connectivity index (χ1n) is 10.7. The first-order valence-corrected chi connectivity index (χ1v) is 12.4. The number of carbonyl (C=O) groups is 1. The van der Waals surface area contributed by atoms with Gasteiger partial charge in [-0.1, -0.05) is 53.2 Å². The lowest BCUT2D eigenvalue weighted by Gasteiger charge is -2.13. The molecular formula is C25H20Cl2N6O2S. The van der Waals surface area contributed by atoms with Gasteiger partial charge < -0.3 is 15.4 Å². The van der Waals surface area contributed by atoms with Crippen LogP contribution in [0, 0.1) is 11.3 Å². The second-order valence-corrected chi connectivity index (χ2v) is 9.26. The summed E-state index contributed by atoms with van der Waals surface area (Å²) in [4.78, 5) is 12.5. The summed E-state index contributed by atoms with van der Waals surface area (Å²) in [6.45, 7) is 0.0688. The quantitative estimate of drug-likeness (QED) is 0.264. The van der Waals surface area contributed by atoms with Gasteiger partial charge in [-0.15, -0.1) is 10.2 Å². The molecule has 2 amide bonds. The van der Waals surface area contributed by atoms with Crippen LogP contribution in [0.15, 0.2) is 71.9 Å². The Kier molecular flexibility index (Phi) is 8.33. The van der Waals surface area contributed by atoms with Crippen molar-refractivity contribution in [1.29, 1.82) is 5.26 Å². The van der Waals surface area contributed by atoms with Crippen LogP contribution in [0.3, 0.4) is 0 Å². The fourth-order valence-corrected chi connectivity index (χ4v) is 4.59. The number of nitrogens with zero attached hydrogens (tertiary/aromatic N) is 4. The van der Waals surface area contributed by atoms with Crippen molar-refractivity contribution in [3.63, 3.8) is 0 Å². The first kappa shape index (κ1) is 25.4. The number of urea groups is 1. The topological polar surface area (TPSA) is 105 Å². The number of methoxy groups -OCH3 is 1. The maximum absolute atomic E-state index is 12.5. The van der Waals surface area contributed by atoms with Crippen molar-refractivity contribution in [3.05, 3.63) is 93.7 Å². The molecule has 182 valence electrons. The van der Waals surface area contributed by atoms with Crippen LogP contribution in [0.5, 0.6) is 5.75 Å². The molecule has 0 radical (unpaired) electrons. The third kappa shape index (κ3) is 6.29. The van der Waals surface area contributed by atoms with Gasteiger partial charge in [-0.05, 0) is 54.1 Å². The zero-order valence-corrected chi connectivity index (χ0v) is 21.4. The Bertz CT molecular complexity index is 1440. The number of ether oxygens (including phenoxy) is 1.